The third-order valence-corrected chi connectivity index (χ3v) is 4.70. The highest BCUT2D eigenvalue weighted by atomic mass is 35.5. The maximum absolute atomic E-state index is 14.1. The van der Waals surface area contributed by atoms with Crippen LogP contribution < -0.4 is 5.32 Å². The highest BCUT2D eigenvalue weighted by Crippen LogP contribution is 2.45. The first-order valence-electron chi connectivity index (χ1n) is 7.35. The first-order chi connectivity index (χ1) is 10.5. The van der Waals surface area contributed by atoms with Crippen LogP contribution in [0.15, 0.2) is 42.5 Å². The molecule has 0 heterocycles. The van der Waals surface area contributed by atoms with E-state index in [0.717, 1.165) is 17.7 Å². The molecule has 0 atom stereocenters. The number of amides is 1. The minimum atomic E-state index is -0.753. The van der Waals surface area contributed by atoms with E-state index in [9.17, 15) is 9.18 Å². The summed E-state index contributed by atoms with van der Waals surface area (Å²) in [7, 11) is 0. The van der Waals surface area contributed by atoms with Crippen LogP contribution in [-0.2, 0) is 10.2 Å². The van der Waals surface area contributed by atoms with Gasteiger partial charge in [-0.1, -0.05) is 36.2 Å². The van der Waals surface area contributed by atoms with Crippen LogP contribution in [0.3, 0.4) is 0 Å². The molecule has 1 saturated carbocycles. The van der Waals surface area contributed by atoms with Gasteiger partial charge in [0.1, 0.15) is 5.82 Å². The van der Waals surface area contributed by atoms with Gasteiger partial charge >= 0.3 is 0 Å². The maximum atomic E-state index is 14.1. The zero-order chi connectivity index (χ0) is 15.7. The van der Waals surface area contributed by atoms with Gasteiger partial charge in [0.25, 0.3) is 0 Å². The summed E-state index contributed by atoms with van der Waals surface area (Å²) in [6.45, 7) is 1.89. The molecule has 0 aromatic heterocycles. The van der Waals surface area contributed by atoms with Crippen LogP contribution in [0, 0.1) is 12.7 Å². The third kappa shape index (κ3) is 2.50. The fourth-order valence-corrected chi connectivity index (χ4v) is 3.23. The number of aryl methyl sites for hydroxylation is 1. The molecule has 22 heavy (non-hydrogen) atoms. The largest absolute Gasteiger partial charge is 0.325 e. The molecule has 4 heteroatoms. The fraction of sp³-hybridized carbons (Fsp3) is 0.278. The molecular formula is C18H17ClFNO. The Kier molecular flexibility index (Phi) is 3.92. The summed E-state index contributed by atoms with van der Waals surface area (Å²) in [6.07, 6.45) is 2.28. The lowest BCUT2D eigenvalue weighted by Crippen LogP contribution is -2.46. The van der Waals surface area contributed by atoms with E-state index in [1.54, 1.807) is 36.4 Å². The van der Waals surface area contributed by atoms with Crippen LogP contribution in [0.2, 0.25) is 5.02 Å². The minimum absolute atomic E-state index is 0.144. The van der Waals surface area contributed by atoms with E-state index in [1.807, 2.05) is 6.92 Å². The SMILES string of the molecule is Cc1cc(Cl)ccc1NC(=O)C1(c2ccccc2F)CCC1. The molecule has 3 rings (SSSR count). The van der Waals surface area contributed by atoms with Crippen LogP contribution in [-0.4, -0.2) is 5.91 Å². The number of halogens is 2. The number of nitrogens with one attached hydrogen (secondary N) is 1. The first kappa shape index (κ1) is 15.0. The van der Waals surface area contributed by atoms with E-state index in [4.69, 9.17) is 11.6 Å². The van der Waals surface area contributed by atoms with Gasteiger partial charge in [-0.15, -0.1) is 0 Å². The maximum Gasteiger partial charge on any atom is 0.235 e. The van der Waals surface area contributed by atoms with Crippen molar-refractivity contribution < 1.29 is 9.18 Å². The predicted octanol–water partition coefficient (Wildman–Crippen LogP) is 4.85. The molecule has 2 nitrogen and oxygen atoms in total. The van der Waals surface area contributed by atoms with Gasteiger partial charge in [-0.25, -0.2) is 4.39 Å². The molecule has 114 valence electrons. The van der Waals surface area contributed by atoms with Crippen molar-refractivity contribution in [1.29, 1.82) is 0 Å². The van der Waals surface area contributed by atoms with Gasteiger partial charge in [0.05, 0.1) is 5.41 Å². The molecule has 0 spiro atoms. The summed E-state index contributed by atoms with van der Waals surface area (Å²) in [5, 5.41) is 3.57. The van der Waals surface area contributed by atoms with Gasteiger partial charge in [0.2, 0.25) is 5.91 Å². The Hall–Kier alpha value is -1.87. The Morgan fingerprint density at radius 1 is 1.23 bits per heavy atom. The highest BCUT2D eigenvalue weighted by molar-refractivity contribution is 6.30. The number of hydrogen-bond donors (Lipinski definition) is 1. The molecule has 0 saturated heterocycles. The Morgan fingerprint density at radius 3 is 2.55 bits per heavy atom. The minimum Gasteiger partial charge on any atom is -0.325 e. The summed E-state index contributed by atoms with van der Waals surface area (Å²) >= 11 is 5.94. The zero-order valence-corrected chi connectivity index (χ0v) is 13.1. The van der Waals surface area contributed by atoms with Gasteiger partial charge in [-0.2, -0.15) is 0 Å². The Morgan fingerprint density at radius 2 is 1.95 bits per heavy atom. The second kappa shape index (κ2) is 5.73. The summed E-state index contributed by atoms with van der Waals surface area (Å²) in [5.74, 6) is -0.459. The lowest BCUT2D eigenvalue weighted by molar-refractivity contribution is -0.124. The molecule has 0 unspecified atom stereocenters. The van der Waals surface area contributed by atoms with Gasteiger partial charge in [0.15, 0.2) is 0 Å². The average molecular weight is 318 g/mol. The number of benzene rings is 2. The summed E-state index contributed by atoms with van der Waals surface area (Å²) < 4.78 is 14.1. The number of carbonyl (C=O) groups is 1. The van der Waals surface area contributed by atoms with Crippen LogP contribution in [0.4, 0.5) is 10.1 Å². The molecule has 1 fully saturated rings. The number of carbonyl (C=O) groups excluding carboxylic acids is 1. The topological polar surface area (TPSA) is 29.1 Å². The summed E-state index contributed by atoms with van der Waals surface area (Å²) in [4.78, 5) is 12.8. The molecule has 0 aliphatic heterocycles. The lowest BCUT2D eigenvalue weighted by atomic mass is 9.63. The fourth-order valence-electron chi connectivity index (χ4n) is 3.01. The van der Waals surface area contributed by atoms with E-state index in [-0.39, 0.29) is 11.7 Å². The van der Waals surface area contributed by atoms with E-state index < -0.39 is 5.41 Å². The van der Waals surface area contributed by atoms with Crippen molar-refractivity contribution in [2.75, 3.05) is 5.32 Å². The highest BCUT2D eigenvalue weighted by Gasteiger charge is 2.47. The van der Waals surface area contributed by atoms with Crippen molar-refractivity contribution in [1.82, 2.24) is 0 Å². The van der Waals surface area contributed by atoms with Crippen molar-refractivity contribution in [2.24, 2.45) is 0 Å². The van der Waals surface area contributed by atoms with Crippen molar-refractivity contribution in [3.8, 4) is 0 Å². The van der Waals surface area contributed by atoms with Crippen molar-refractivity contribution in [3.63, 3.8) is 0 Å². The molecule has 1 N–H and O–H groups in total. The molecule has 0 radical (unpaired) electrons. The summed E-state index contributed by atoms with van der Waals surface area (Å²) in [5.41, 5.74) is 1.35. The van der Waals surface area contributed by atoms with E-state index in [2.05, 4.69) is 5.32 Å². The smallest absolute Gasteiger partial charge is 0.235 e. The number of anilines is 1. The molecular weight excluding hydrogens is 301 g/mol. The molecule has 1 amide bonds. The van der Waals surface area contributed by atoms with E-state index in [0.29, 0.717) is 23.4 Å². The molecule has 0 bridgehead atoms. The third-order valence-electron chi connectivity index (χ3n) is 4.47. The Labute approximate surface area is 134 Å². The normalized spacial score (nSPS) is 16.0. The number of hydrogen-bond acceptors (Lipinski definition) is 1. The molecule has 2 aromatic rings. The van der Waals surface area contributed by atoms with Crippen molar-refractivity contribution >= 4 is 23.2 Å². The van der Waals surface area contributed by atoms with Crippen LogP contribution in [0.25, 0.3) is 0 Å². The van der Waals surface area contributed by atoms with Crippen molar-refractivity contribution in [2.45, 2.75) is 31.6 Å². The van der Waals surface area contributed by atoms with Gasteiger partial charge in [-0.05, 0) is 49.6 Å². The van der Waals surface area contributed by atoms with Crippen molar-refractivity contribution in [3.05, 3.63) is 64.4 Å². The molecule has 1 aliphatic carbocycles. The average Bonchev–Trinajstić information content (AvgIpc) is 2.43. The Balaban J connectivity index is 1.91. The zero-order valence-electron chi connectivity index (χ0n) is 12.3. The first-order valence-corrected chi connectivity index (χ1v) is 7.73. The lowest BCUT2D eigenvalue weighted by Gasteiger charge is -2.40. The molecule has 1 aliphatic rings. The van der Waals surface area contributed by atoms with E-state index in [1.165, 1.54) is 6.07 Å². The van der Waals surface area contributed by atoms with Crippen LogP contribution in [0.1, 0.15) is 30.4 Å². The second-order valence-electron chi connectivity index (χ2n) is 5.83. The van der Waals surface area contributed by atoms with E-state index >= 15 is 0 Å². The quantitative estimate of drug-likeness (QED) is 0.861. The van der Waals surface area contributed by atoms with Crippen LogP contribution in [0.5, 0.6) is 0 Å². The monoisotopic (exact) mass is 317 g/mol. The predicted molar refractivity (Wildman–Crippen MR) is 86.7 cm³/mol. The van der Waals surface area contributed by atoms with Gasteiger partial charge < -0.3 is 5.32 Å². The van der Waals surface area contributed by atoms with Gasteiger partial charge in [0, 0.05) is 16.3 Å². The second-order valence-corrected chi connectivity index (χ2v) is 6.27. The van der Waals surface area contributed by atoms with Gasteiger partial charge in [-0.3, -0.25) is 4.79 Å². The standard InChI is InChI=1S/C18H17ClFNO/c1-12-11-13(19)7-8-16(12)21-17(22)18(9-4-10-18)14-5-2-3-6-15(14)20/h2-3,5-8,11H,4,9-10H2,1H3,(H,21,22). The Bertz CT molecular complexity index is 725. The molecule has 2 aromatic carbocycles. The summed E-state index contributed by atoms with van der Waals surface area (Å²) in [6, 6.07) is 11.9. The number of rotatable bonds is 3. The van der Waals surface area contributed by atoms with Crippen LogP contribution >= 0.6 is 11.6 Å².